The van der Waals surface area contributed by atoms with E-state index >= 15 is 0 Å². The third kappa shape index (κ3) is 1.71. The summed E-state index contributed by atoms with van der Waals surface area (Å²) in [6, 6.07) is 11.3. The molecule has 3 aromatic rings. The highest BCUT2D eigenvalue weighted by atomic mass is 32.1. The number of thiophene rings is 1. The van der Waals surface area contributed by atoms with Gasteiger partial charge >= 0.3 is 0 Å². The number of rotatable bonds is 2. The third-order valence-electron chi connectivity index (χ3n) is 2.77. The first-order chi connectivity index (χ1) is 8.79. The molecule has 3 rings (SSSR count). The Bertz CT molecular complexity index is 706. The minimum absolute atomic E-state index is 0.288. The molecule has 0 aliphatic rings. The maximum absolute atomic E-state index is 10.2. The van der Waals surface area contributed by atoms with Crippen molar-refractivity contribution in [3.8, 4) is 21.9 Å². The van der Waals surface area contributed by atoms with Gasteiger partial charge in [0.1, 0.15) is 16.3 Å². The number of pyridine rings is 1. The average molecular weight is 257 g/mol. The highest BCUT2D eigenvalue weighted by molar-refractivity contribution is 7.22. The smallest absolute Gasteiger partial charge is 0.143 e. The van der Waals surface area contributed by atoms with Gasteiger partial charge in [0, 0.05) is 6.20 Å². The van der Waals surface area contributed by atoms with Crippen molar-refractivity contribution in [1.29, 1.82) is 0 Å². The number of hydrogen-bond donors (Lipinski definition) is 1. The first kappa shape index (κ1) is 11.0. The maximum atomic E-state index is 10.2. The minimum atomic E-state index is 0.288. The fourth-order valence-electron chi connectivity index (χ4n) is 1.88. The number of methoxy groups -OCH3 is 1. The largest absolute Gasteiger partial charge is 0.506 e. The molecule has 0 aliphatic heterocycles. The second-order valence-corrected chi connectivity index (χ2v) is 4.87. The van der Waals surface area contributed by atoms with E-state index in [1.165, 1.54) is 11.3 Å². The van der Waals surface area contributed by atoms with Crippen LogP contribution in [0.25, 0.3) is 20.7 Å². The predicted octanol–water partition coefficient (Wildman–Crippen LogP) is 3.68. The zero-order valence-electron chi connectivity index (χ0n) is 9.75. The van der Waals surface area contributed by atoms with Crippen LogP contribution in [-0.4, -0.2) is 17.2 Å². The van der Waals surface area contributed by atoms with Crippen molar-refractivity contribution >= 4 is 21.6 Å². The van der Waals surface area contributed by atoms with Crippen LogP contribution >= 0.6 is 11.3 Å². The van der Waals surface area contributed by atoms with Crippen LogP contribution in [0, 0.1) is 0 Å². The molecule has 1 N–H and O–H groups in total. The zero-order chi connectivity index (χ0) is 12.5. The van der Waals surface area contributed by atoms with E-state index in [0.29, 0.717) is 0 Å². The predicted molar refractivity (Wildman–Crippen MR) is 73.3 cm³/mol. The van der Waals surface area contributed by atoms with Gasteiger partial charge in [-0.05, 0) is 29.8 Å². The van der Waals surface area contributed by atoms with Crippen LogP contribution in [0.5, 0.6) is 11.5 Å². The standard InChI is InChI=1S/C14H11NO2S/c1-17-10-5-2-4-9(8-10)13-12(16)11-6-3-7-15-14(11)18-13/h2-8,16H,1H3. The molecule has 3 nitrogen and oxygen atoms in total. The van der Waals surface area contributed by atoms with Gasteiger partial charge in [-0.3, -0.25) is 0 Å². The number of ether oxygens (including phenoxy) is 1. The maximum Gasteiger partial charge on any atom is 0.143 e. The summed E-state index contributed by atoms with van der Waals surface area (Å²) < 4.78 is 5.20. The molecule has 4 heteroatoms. The van der Waals surface area contributed by atoms with Crippen LogP contribution in [0.3, 0.4) is 0 Å². The lowest BCUT2D eigenvalue weighted by Crippen LogP contribution is -1.82. The number of aromatic nitrogens is 1. The summed E-state index contributed by atoms with van der Waals surface area (Å²) in [5.41, 5.74) is 0.940. The lowest BCUT2D eigenvalue weighted by Gasteiger charge is -2.02. The molecule has 2 aromatic heterocycles. The van der Waals surface area contributed by atoms with E-state index in [9.17, 15) is 5.11 Å². The fraction of sp³-hybridized carbons (Fsp3) is 0.0714. The van der Waals surface area contributed by atoms with E-state index in [0.717, 1.165) is 26.4 Å². The van der Waals surface area contributed by atoms with Crippen molar-refractivity contribution in [3.63, 3.8) is 0 Å². The number of fused-ring (bicyclic) bond motifs is 1. The average Bonchev–Trinajstić information content (AvgIpc) is 2.77. The van der Waals surface area contributed by atoms with Gasteiger partial charge in [-0.25, -0.2) is 4.98 Å². The normalized spacial score (nSPS) is 10.7. The molecule has 0 saturated carbocycles. The molecule has 0 spiro atoms. The molecule has 0 fully saturated rings. The Kier molecular flexibility index (Phi) is 2.64. The minimum Gasteiger partial charge on any atom is -0.506 e. The van der Waals surface area contributed by atoms with Gasteiger partial charge in [-0.2, -0.15) is 0 Å². The van der Waals surface area contributed by atoms with Gasteiger partial charge in [0.05, 0.1) is 17.4 Å². The van der Waals surface area contributed by atoms with Crippen molar-refractivity contribution in [2.45, 2.75) is 0 Å². The van der Waals surface area contributed by atoms with E-state index < -0.39 is 0 Å². The summed E-state index contributed by atoms with van der Waals surface area (Å²) in [5.74, 6) is 1.06. The number of benzene rings is 1. The Morgan fingerprint density at radius 1 is 1.22 bits per heavy atom. The Hall–Kier alpha value is -2.07. The molecule has 90 valence electrons. The van der Waals surface area contributed by atoms with Gasteiger partial charge in [0.2, 0.25) is 0 Å². The SMILES string of the molecule is COc1cccc(-c2sc3ncccc3c2O)c1. The van der Waals surface area contributed by atoms with E-state index in [2.05, 4.69) is 4.98 Å². The lowest BCUT2D eigenvalue weighted by atomic mass is 10.1. The Balaban J connectivity index is 2.21. The molecule has 0 saturated heterocycles. The van der Waals surface area contributed by atoms with Gasteiger partial charge in [-0.1, -0.05) is 12.1 Å². The van der Waals surface area contributed by atoms with Crippen LogP contribution in [0.4, 0.5) is 0 Å². The van der Waals surface area contributed by atoms with Crippen LogP contribution in [0.2, 0.25) is 0 Å². The van der Waals surface area contributed by atoms with Crippen LogP contribution in [0.1, 0.15) is 0 Å². The van der Waals surface area contributed by atoms with Crippen molar-refractivity contribution in [1.82, 2.24) is 4.98 Å². The van der Waals surface area contributed by atoms with Crippen molar-refractivity contribution in [2.24, 2.45) is 0 Å². The highest BCUT2D eigenvalue weighted by Gasteiger charge is 2.13. The molecule has 2 heterocycles. The summed E-state index contributed by atoms with van der Waals surface area (Å²) in [6.07, 6.45) is 1.73. The van der Waals surface area contributed by atoms with E-state index in [1.807, 2.05) is 36.4 Å². The lowest BCUT2D eigenvalue weighted by molar-refractivity contribution is 0.415. The van der Waals surface area contributed by atoms with Crippen LogP contribution < -0.4 is 4.74 Å². The molecule has 0 radical (unpaired) electrons. The van der Waals surface area contributed by atoms with E-state index in [-0.39, 0.29) is 5.75 Å². The zero-order valence-corrected chi connectivity index (χ0v) is 10.6. The molecule has 18 heavy (non-hydrogen) atoms. The summed E-state index contributed by atoms with van der Waals surface area (Å²) in [7, 11) is 1.63. The highest BCUT2D eigenvalue weighted by Crippen LogP contribution is 2.43. The summed E-state index contributed by atoms with van der Waals surface area (Å²) >= 11 is 1.48. The number of nitrogens with zero attached hydrogens (tertiary/aromatic N) is 1. The van der Waals surface area contributed by atoms with Crippen molar-refractivity contribution in [2.75, 3.05) is 7.11 Å². The van der Waals surface area contributed by atoms with Gasteiger partial charge in [0.15, 0.2) is 0 Å². The van der Waals surface area contributed by atoms with Crippen molar-refractivity contribution in [3.05, 3.63) is 42.6 Å². The topological polar surface area (TPSA) is 42.4 Å². The molecule has 1 aromatic carbocycles. The Morgan fingerprint density at radius 2 is 2.11 bits per heavy atom. The summed E-state index contributed by atoms with van der Waals surface area (Å²) in [5, 5.41) is 11.0. The number of hydrogen-bond acceptors (Lipinski definition) is 4. The van der Waals surface area contributed by atoms with E-state index in [4.69, 9.17) is 4.74 Å². The first-order valence-electron chi connectivity index (χ1n) is 5.50. The summed E-state index contributed by atoms with van der Waals surface area (Å²) in [6.45, 7) is 0. The fourth-order valence-corrected chi connectivity index (χ4v) is 2.91. The molecule has 0 amide bonds. The van der Waals surface area contributed by atoms with Gasteiger partial charge in [-0.15, -0.1) is 11.3 Å². The second-order valence-electron chi connectivity index (χ2n) is 3.87. The monoisotopic (exact) mass is 257 g/mol. The Labute approximate surface area is 108 Å². The second kappa shape index (κ2) is 4.31. The van der Waals surface area contributed by atoms with Gasteiger partial charge < -0.3 is 9.84 Å². The van der Waals surface area contributed by atoms with Crippen molar-refractivity contribution < 1.29 is 9.84 Å². The molecule has 0 unspecified atom stereocenters. The summed E-state index contributed by atoms with van der Waals surface area (Å²) in [4.78, 5) is 5.92. The molecule has 0 bridgehead atoms. The van der Waals surface area contributed by atoms with Crippen LogP contribution in [-0.2, 0) is 0 Å². The first-order valence-corrected chi connectivity index (χ1v) is 6.32. The van der Waals surface area contributed by atoms with E-state index in [1.54, 1.807) is 13.3 Å². The molecular formula is C14H11NO2S. The number of aromatic hydroxyl groups is 1. The Morgan fingerprint density at radius 3 is 2.89 bits per heavy atom. The van der Waals surface area contributed by atoms with Crippen LogP contribution in [0.15, 0.2) is 42.6 Å². The van der Waals surface area contributed by atoms with Gasteiger partial charge in [0.25, 0.3) is 0 Å². The molecular weight excluding hydrogens is 246 g/mol. The molecule has 0 atom stereocenters. The third-order valence-corrected chi connectivity index (χ3v) is 3.92. The quantitative estimate of drug-likeness (QED) is 0.761. The molecule has 0 aliphatic carbocycles.